The van der Waals surface area contributed by atoms with Crippen LogP contribution >= 0.6 is 11.3 Å². The lowest BCUT2D eigenvalue weighted by atomic mass is 10.3. The first-order valence-corrected chi connectivity index (χ1v) is 7.18. The molecule has 6 heteroatoms. The van der Waals surface area contributed by atoms with Gasteiger partial charge in [0.25, 0.3) is 5.91 Å². The molecule has 1 saturated heterocycles. The van der Waals surface area contributed by atoms with Gasteiger partial charge in [-0.2, -0.15) is 11.3 Å². The van der Waals surface area contributed by atoms with Crippen molar-refractivity contribution in [2.45, 2.75) is 12.8 Å². The Bertz CT molecular complexity index is 547. The molecule has 0 saturated carbocycles. The van der Waals surface area contributed by atoms with Crippen LogP contribution in [-0.4, -0.2) is 29.0 Å². The Morgan fingerprint density at radius 2 is 2.00 bits per heavy atom. The summed E-state index contributed by atoms with van der Waals surface area (Å²) in [7, 11) is 0. The van der Waals surface area contributed by atoms with Gasteiger partial charge in [-0.1, -0.05) is 0 Å². The highest BCUT2D eigenvalue weighted by Crippen LogP contribution is 2.16. The fraction of sp³-hybridized carbons (Fsp3) is 0.308. The standard InChI is InChI=1S/C13H14N4OS/c18-12(10-3-6-19-9-10)16-11-7-14-13(15-8-11)17-4-1-2-5-17/h3,6-9H,1-2,4-5H2,(H,16,18). The van der Waals surface area contributed by atoms with Gasteiger partial charge < -0.3 is 10.2 Å². The molecular weight excluding hydrogens is 260 g/mol. The summed E-state index contributed by atoms with van der Waals surface area (Å²) >= 11 is 1.50. The molecule has 1 fully saturated rings. The Morgan fingerprint density at radius 1 is 1.26 bits per heavy atom. The maximum atomic E-state index is 11.8. The predicted octanol–water partition coefficient (Wildman–Crippen LogP) is 2.39. The minimum absolute atomic E-state index is 0.126. The van der Waals surface area contributed by atoms with Crippen LogP contribution in [0.2, 0.25) is 0 Å². The van der Waals surface area contributed by atoms with Gasteiger partial charge in [0.1, 0.15) is 0 Å². The first kappa shape index (κ1) is 12.1. The third kappa shape index (κ3) is 2.73. The number of carbonyl (C=O) groups excluding carboxylic acids is 1. The molecule has 1 aliphatic heterocycles. The Kier molecular flexibility index (Phi) is 3.41. The number of amides is 1. The van der Waals surface area contributed by atoms with Crippen LogP contribution in [0.15, 0.2) is 29.2 Å². The first-order valence-electron chi connectivity index (χ1n) is 6.23. The molecule has 0 bridgehead atoms. The number of anilines is 2. The topological polar surface area (TPSA) is 58.1 Å². The summed E-state index contributed by atoms with van der Waals surface area (Å²) in [6.07, 6.45) is 5.70. The molecule has 0 aromatic carbocycles. The molecule has 1 aliphatic rings. The molecule has 3 heterocycles. The Balaban J connectivity index is 1.67. The number of hydrogen-bond donors (Lipinski definition) is 1. The molecular formula is C13H14N4OS. The van der Waals surface area contributed by atoms with Crippen LogP contribution in [-0.2, 0) is 0 Å². The van der Waals surface area contributed by atoms with E-state index in [2.05, 4.69) is 20.2 Å². The van der Waals surface area contributed by atoms with E-state index in [1.165, 1.54) is 24.2 Å². The smallest absolute Gasteiger partial charge is 0.256 e. The quantitative estimate of drug-likeness (QED) is 0.933. The van der Waals surface area contributed by atoms with Crippen molar-refractivity contribution < 1.29 is 4.79 Å². The fourth-order valence-corrected chi connectivity index (χ4v) is 2.70. The Hall–Kier alpha value is -1.95. The van der Waals surface area contributed by atoms with Crippen molar-refractivity contribution in [3.05, 3.63) is 34.8 Å². The lowest BCUT2D eigenvalue weighted by Crippen LogP contribution is -2.20. The van der Waals surface area contributed by atoms with Crippen LogP contribution in [0.5, 0.6) is 0 Å². The van der Waals surface area contributed by atoms with E-state index in [0.717, 1.165) is 19.0 Å². The summed E-state index contributed by atoms with van der Waals surface area (Å²) in [6.45, 7) is 2.03. The van der Waals surface area contributed by atoms with Crippen molar-refractivity contribution in [1.82, 2.24) is 9.97 Å². The van der Waals surface area contributed by atoms with Crippen molar-refractivity contribution in [3.63, 3.8) is 0 Å². The molecule has 0 atom stereocenters. The van der Waals surface area contributed by atoms with E-state index in [9.17, 15) is 4.79 Å². The highest BCUT2D eigenvalue weighted by molar-refractivity contribution is 7.08. The van der Waals surface area contributed by atoms with Crippen LogP contribution in [0, 0.1) is 0 Å². The van der Waals surface area contributed by atoms with Gasteiger partial charge in [-0.15, -0.1) is 0 Å². The predicted molar refractivity (Wildman–Crippen MR) is 75.8 cm³/mol. The van der Waals surface area contributed by atoms with E-state index in [1.54, 1.807) is 18.5 Å². The van der Waals surface area contributed by atoms with Gasteiger partial charge in [-0.25, -0.2) is 9.97 Å². The third-order valence-electron chi connectivity index (χ3n) is 3.07. The summed E-state index contributed by atoms with van der Waals surface area (Å²) in [5.74, 6) is 0.616. The van der Waals surface area contributed by atoms with Crippen molar-refractivity contribution in [1.29, 1.82) is 0 Å². The number of nitrogens with zero attached hydrogens (tertiary/aromatic N) is 3. The van der Waals surface area contributed by atoms with E-state index in [0.29, 0.717) is 11.3 Å². The maximum absolute atomic E-state index is 11.8. The summed E-state index contributed by atoms with van der Waals surface area (Å²) in [5, 5.41) is 6.48. The zero-order chi connectivity index (χ0) is 13.1. The third-order valence-corrected chi connectivity index (χ3v) is 3.75. The average molecular weight is 274 g/mol. The van der Waals surface area contributed by atoms with Gasteiger partial charge in [0.15, 0.2) is 0 Å². The minimum Gasteiger partial charge on any atom is -0.341 e. The van der Waals surface area contributed by atoms with Gasteiger partial charge in [-0.05, 0) is 24.3 Å². The first-order chi connectivity index (χ1) is 9.33. The number of thiophene rings is 1. The molecule has 2 aromatic rings. The number of hydrogen-bond acceptors (Lipinski definition) is 5. The molecule has 19 heavy (non-hydrogen) atoms. The van der Waals surface area contributed by atoms with Gasteiger partial charge >= 0.3 is 0 Å². The number of carbonyl (C=O) groups is 1. The van der Waals surface area contributed by atoms with Gasteiger partial charge in [0.05, 0.1) is 23.6 Å². The minimum atomic E-state index is -0.126. The summed E-state index contributed by atoms with van der Waals surface area (Å²) in [6, 6.07) is 1.79. The van der Waals surface area contributed by atoms with Crippen molar-refractivity contribution in [2.24, 2.45) is 0 Å². The number of aromatic nitrogens is 2. The van der Waals surface area contributed by atoms with Crippen LogP contribution in [0.4, 0.5) is 11.6 Å². The molecule has 0 radical (unpaired) electrons. The molecule has 1 N–H and O–H groups in total. The molecule has 0 spiro atoms. The molecule has 5 nitrogen and oxygen atoms in total. The second kappa shape index (κ2) is 5.36. The average Bonchev–Trinajstić information content (AvgIpc) is 3.13. The lowest BCUT2D eigenvalue weighted by molar-refractivity contribution is 0.102. The SMILES string of the molecule is O=C(Nc1cnc(N2CCCC2)nc1)c1ccsc1. The number of rotatable bonds is 3. The summed E-state index contributed by atoms with van der Waals surface area (Å²) < 4.78 is 0. The van der Waals surface area contributed by atoms with E-state index >= 15 is 0 Å². The van der Waals surface area contributed by atoms with Gasteiger partial charge in [0.2, 0.25) is 5.95 Å². The molecule has 98 valence electrons. The maximum Gasteiger partial charge on any atom is 0.256 e. The molecule has 0 unspecified atom stereocenters. The second-order valence-electron chi connectivity index (χ2n) is 4.43. The summed E-state index contributed by atoms with van der Waals surface area (Å²) in [5.41, 5.74) is 1.28. The summed E-state index contributed by atoms with van der Waals surface area (Å²) in [4.78, 5) is 22.6. The molecule has 0 aliphatic carbocycles. The molecule has 3 rings (SSSR count). The molecule has 1 amide bonds. The van der Waals surface area contributed by atoms with Crippen LogP contribution in [0.3, 0.4) is 0 Å². The normalized spacial score (nSPS) is 14.6. The lowest BCUT2D eigenvalue weighted by Gasteiger charge is -2.14. The van der Waals surface area contributed by atoms with Gasteiger partial charge in [-0.3, -0.25) is 4.79 Å². The molecule has 2 aromatic heterocycles. The van der Waals surface area contributed by atoms with Gasteiger partial charge in [0, 0.05) is 18.5 Å². The van der Waals surface area contributed by atoms with E-state index < -0.39 is 0 Å². The zero-order valence-electron chi connectivity index (χ0n) is 10.4. The highest BCUT2D eigenvalue weighted by Gasteiger charge is 2.14. The van der Waals surface area contributed by atoms with Crippen molar-refractivity contribution in [3.8, 4) is 0 Å². The largest absolute Gasteiger partial charge is 0.341 e. The Labute approximate surface area is 115 Å². The van der Waals surface area contributed by atoms with Crippen LogP contribution in [0.25, 0.3) is 0 Å². The highest BCUT2D eigenvalue weighted by atomic mass is 32.1. The second-order valence-corrected chi connectivity index (χ2v) is 5.21. The zero-order valence-corrected chi connectivity index (χ0v) is 11.2. The van der Waals surface area contributed by atoms with E-state index in [-0.39, 0.29) is 5.91 Å². The van der Waals surface area contributed by atoms with E-state index in [1.807, 2.05) is 10.8 Å². The van der Waals surface area contributed by atoms with E-state index in [4.69, 9.17) is 0 Å². The monoisotopic (exact) mass is 274 g/mol. The number of nitrogens with one attached hydrogen (secondary N) is 1. The van der Waals surface area contributed by atoms with Crippen LogP contribution in [0.1, 0.15) is 23.2 Å². The Morgan fingerprint density at radius 3 is 2.63 bits per heavy atom. The van der Waals surface area contributed by atoms with Crippen molar-refractivity contribution in [2.75, 3.05) is 23.3 Å². The van der Waals surface area contributed by atoms with Crippen molar-refractivity contribution >= 4 is 28.9 Å². The fourth-order valence-electron chi connectivity index (χ4n) is 2.06. The van der Waals surface area contributed by atoms with Crippen LogP contribution < -0.4 is 10.2 Å².